The lowest BCUT2D eigenvalue weighted by molar-refractivity contribution is -0.151. The van der Waals surface area contributed by atoms with Gasteiger partial charge < -0.3 is 15.5 Å². The lowest BCUT2D eigenvalue weighted by atomic mass is 9.86. The second-order valence-electron chi connectivity index (χ2n) is 7.66. The maximum absolute atomic E-state index is 13.0. The van der Waals surface area contributed by atoms with E-state index in [1.54, 1.807) is 30.3 Å². The lowest BCUT2D eigenvalue weighted by Gasteiger charge is -2.29. The SMILES string of the molecule is O=C(O)CC(Cc1ccc2ccccc2c1)(NC(=O)c1ccc2ccccc2n1)C(=O)O. The molecule has 3 N–H and O–H groups in total. The van der Waals surface area contributed by atoms with E-state index < -0.39 is 29.8 Å². The summed E-state index contributed by atoms with van der Waals surface area (Å²) in [6.45, 7) is 0. The largest absolute Gasteiger partial charge is 0.481 e. The quantitative estimate of drug-likeness (QED) is 0.414. The van der Waals surface area contributed by atoms with Crippen LogP contribution in [-0.2, 0) is 16.0 Å². The number of carboxylic acids is 2. The van der Waals surface area contributed by atoms with Gasteiger partial charge in [-0.05, 0) is 28.5 Å². The highest BCUT2D eigenvalue weighted by Gasteiger charge is 2.43. The van der Waals surface area contributed by atoms with Crippen LogP contribution in [0.3, 0.4) is 0 Å². The number of carbonyl (C=O) groups excluding carboxylic acids is 1. The molecule has 0 aliphatic carbocycles. The normalized spacial score (nSPS) is 12.9. The van der Waals surface area contributed by atoms with E-state index in [0.717, 1.165) is 16.2 Å². The number of para-hydroxylation sites is 1. The van der Waals surface area contributed by atoms with Gasteiger partial charge >= 0.3 is 11.9 Å². The first-order chi connectivity index (χ1) is 15.4. The molecule has 1 amide bonds. The summed E-state index contributed by atoms with van der Waals surface area (Å²) < 4.78 is 0. The smallest absolute Gasteiger partial charge is 0.330 e. The van der Waals surface area contributed by atoms with E-state index in [4.69, 9.17) is 0 Å². The first-order valence-electron chi connectivity index (χ1n) is 9.97. The standard InChI is InChI=1S/C25H20N2O5/c28-22(29)15-25(24(31)32,14-16-9-10-17-5-1-2-7-19(17)13-16)27-23(30)21-12-11-18-6-3-4-8-20(18)26-21/h1-13H,14-15H2,(H,27,30)(H,28,29)(H,31,32). The molecule has 1 atom stereocenters. The van der Waals surface area contributed by atoms with Crippen molar-refractivity contribution in [3.05, 3.63) is 90.1 Å². The van der Waals surface area contributed by atoms with E-state index >= 15 is 0 Å². The first-order valence-corrected chi connectivity index (χ1v) is 9.97. The summed E-state index contributed by atoms with van der Waals surface area (Å²) in [5.74, 6) is -3.51. The molecule has 0 bridgehead atoms. The van der Waals surface area contributed by atoms with Crippen molar-refractivity contribution in [3.8, 4) is 0 Å². The van der Waals surface area contributed by atoms with Crippen LogP contribution in [0.25, 0.3) is 21.7 Å². The summed E-state index contributed by atoms with van der Waals surface area (Å²) in [5, 5.41) is 24.6. The van der Waals surface area contributed by atoms with E-state index in [1.165, 1.54) is 6.07 Å². The molecule has 7 nitrogen and oxygen atoms in total. The number of amides is 1. The van der Waals surface area contributed by atoms with Gasteiger partial charge in [-0.2, -0.15) is 0 Å². The molecule has 7 heteroatoms. The fraction of sp³-hybridized carbons (Fsp3) is 0.120. The van der Waals surface area contributed by atoms with E-state index in [9.17, 15) is 24.6 Å². The maximum atomic E-state index is 13.0. The predicted molar refractivity (Wildman–Crippen MR) is 119 cm³/mol. The van der Waals surface area contributed by atoms with Gasteiger partial charge in [0.25, 0.3) is 5.91 Å². The van der Waals surface area contributed by atoms with Crippen molar-refractivity contribution >= 4 is 39.5 Å². The second kappa shape index (κ2) is 8.47. The second-order valence-corrected chi connectivity index (χ2v) is 7.66. The number of rotatable bonds is 7. The van der Waals surface area contributed by atoms with E-state index in [1.807, 2.05) is 42.5 Å². The van der Waals surface area contributed by atoms with E-state index in [0.29, 0.717) is 11.1 Å². The molecular formula is C25H20N2O5. The minimum atomic E-state index is -2.04. The number of fused-ring (bicyclic) bond motifs is 2. The number of pyridine rings is 1. The van der Waals surface area contributed by atoms with Crippen LogP contribution >= 0.6 is 0 Å². The predicted octanol–water partition coefficient (Wildman–Crippen LogP) is 3.66. The molecule has 0 saturated carbocycles. The van der Waals surface area contributed by atoms with Crippen molar-refractivity contribution in [1.29, 1.82) is 0 Å². The third-order valence-corrected chi connectivity index (χ3v) is 5.37. The first kappa shape index (κ1) is 21.0. The molecular weight excluding hydrogens is 408 g/mol. The Hall–Kier alpha value is -4.26. The fourth-order valence-electron chi connectivity index (χ4n) is 3.78. The molecule has 0 spiro atoms. The van der Waals surface area contributed by atoms with Crippen molar-refractivity contribution in [1.82, 2.24) is 10.3 Å². The van der Waals surface area contributed by atoms with Gasteiger partial charge in [-0.15, -0.1) is 0 Å². The van der Waals surface area contributed by atoms with Crippen LogP contribution in [0.5, 0.6) is 0 Å². The molecule has 0 aliphatic rings. The van der Waals surface area contributed by atoms with Gasteiger partial charge in [0.1, 0.15) is 5.69 Å². The van der Waals surface area contributed by atoms with Gasteiger partial charge in [-0.1, -0.05) is 66.7 Å². The Morgan fingerprint density at radius 1 is 0.812 bits per heavy atom. The van der Waals surface area contributed by atoms with Crippen molar-refractivity contribution in [2.75, 3.05) is 0 Å². The lowest BCUT2D eigenvalue weighted by Crippen LogP contribution is -2.57. The summed E-state index contributed by atoms with van der Waals surface area (Å²) in [4.78, 5) is 41.1. The maximum Gasteiger partial charge on any atom is 0.330 e. The van der Waals surface area contributed by atoms with Gasteiger partial charge in [0.05, 0.1) is 11.9 Å². The van der Waals surface area contributed by atoms with E-state index in [-0.39, 0.29) is 12.1 Å². The number of aromatic nitrogens is 1. The van der Waals surface area contributed by atoms with Crippen LogP contribution < -0.4 is 5.32 Å². The van der Waals surface area contributed by atoms with Crippen molar-refractivity contribution < 1.29 is 24.6 Å². The molecule has 0 aliphatic heterocycles. The number of aliphatic carboxylic acids is 2. The Bertz CT molecular complexity index is 1350. The average molecular weight is 428 g/mol. The van der Waals surface area contributed by atoms with Crippen molar-refractivity contribution in [3.63, 3.8) is 0 Å². The molecule has 1 heterocycles. The van der Waals surface area contributed by atoms with Crippen LogP contribution in [0.15, 0.2) is 78.9 Å². The molecule has 32 heavy (non-hydrogen) atoms. The van der Waals surface area contributed by atoms with Gasteiger partial charge in [0.15, 0.2) is 5.54 Å². The highest BCUT2D eigenvalue weighted by atomic mass is 16.4. The van der Waals surface area contributed by atoms with Gasteiger partial charge in [-0.25, -0.2) is 9.78 Å². The minimum Gasteiger partial charge on any atom is -0.481 e. The number of hydrogen-bond acceptors (Lipinski definition) is 4. The summed E-state index contributed by atoms with van der Waals surface area (Å²) in [6.07, 6.45) is -0.979. The van der Waals surface area contributed by atoms with Crippen molar-refractivity contribution in [2.24, 2.45) is 0 Å². The summed E-state index contributed by atoms with van der Waals surface area (Å²) in [5.41, 5.74) is -0.857. The van der Waals surface area contributed by atoms with Crippen molar-refractivity contribution in [2.45, 2.75) is 18.4 Å². The Kier molecular flexibility index (Phi) is 5.55. The average Bonchev–Trinajstić information content (AvgIpc) is 2.78. The summed E-state index contributed by atoms with van der Waals surface area (Å²) >= 11 is 0. The zero-order valence-electron chi connectivity index (χ0n) is 17.0. The van der Waals surface area contributed by atoms with Gasteiger partial charge in [0.2, 0.25) is 0 Å². The van der Waals surface area contributed by atoms with Crippen LogP contribution in [0.1, 0.15) is 22.5 Å². The monoisotopic (exact) mass is 428 g/mol. The van der Waals surface area contributed by atoms with Crippen LogP contribution in [0.2, 0.25) is 0 Å². The van der Waals surface area contributed by atoms with Gasteiger partial charge in [0, 0.05) is 11.8 Å². The molecule has 3 aromatic carbocycles. The minimum absolute atomic E-state index is 0.0122. The Morgan fingerprint density at radius 3 is 2.19 bits per heavy atom. The molecule has 0 radical (unpaired) electrons. The number of hydrogen-bond donors (Lipinski definition) is 3. The molecule has 1 unspecified atom stereocenters. The molecule has 0 fully saturated rings. The molecule has 160 valence electrons. The summed E-state index contributed by atoms with van der Waals surface area (Å²) in [7, 11) is 0. The molecule has 1 aromatic heterocycles. The molecule has 0 saturated heterocycles. The number of nitrogens with zero attached hydrogens (tertiary/aromatic N) is 1. The van der Waals surface area contributed by atoms with Crippen LogP contribution in [0, 0.1) is 0 Å². The Balaban J connectivity index is 1.70. The van der Waals surface area contributed by atoms with E-state index in [2.05, 4.69) is 10.3 Å². The number of carbonyl (C=O) groups is 3. The van der Waals surface area contributed by atoms with Crippen LogP contribution in [0.4, 0.5) is 0 Å². The van der Waals surface area contributed by atoms with Crippen LogP contribution in [-0.4, -0.2) is 38.6 Å². The highest BCUT2D eigenvalue weighted by molar-refractivity contribution is 5.99. The number of nitrogens with one attached hydrogen (secondary N) is 1. The number of benzene rings is 3. The molecule has 4 rings (SSSR count). The zero-order valence-corrected chi connectivity index (χ0v) is 17.0. The topological polar surface area (TPSA) is 117 Å². The third-order valence-electron chi connectivity index (χ3n) is 5.37. The highest BCUT2D eigenvalue weighted by Crippen LogP contribution is 2.23. The fourth-order valence-corrected chi connectivity index (χ4v) is 3.78. The van der Waals surface area contributed by atoms with Gasteiger partial charge in [-0.3, -0.25) is 9.59 Å². The number of carboxylic acid groups (broad SMARTS) is 2. The molecule has 4 aromatic rings. The summed E-state index contributed by atoms with van der Waals surface area (Å²) in [6, 6.07) is 23.3. The Morgan fingerprint density at radius 2 is 1.47 bits per heavy atom. The third kappa shape index (κ3) is 4.27. The Labute approximate surface area is 183 Å². The zero-order chi connectivity index (χ0) is 22.7.